The quantitative estimate of drug-likeness (QED) is 0.790. The predicted molar refractivity (Wildman–Crippen MR) is 93.7 cm³/mol. The summed E-state index contributed by atoms with van der Waals surface area (Å²) in [5, 5.41) is 21.7. The Morgan fingerprint density at radius 3 is 2.88 bits per heavy atom. The molecule has 1 aliphatic heterocycles. The summed E-state index contributed by atoms with van der Waals surface area (Å²) in [4.78, 5) is 0. The minimum atomic E-state index is 0.274. The highest BCUT2D eigenvalue weighted by Crippen LogP contribution is 2.32. The first-order valence-corrected chi connectivity index (χ1v) is 8.04. The Morgan fingerprint density at radius 1 is 1.12 bits per heavy atom. The number of benzene rings is 2. The van der Waals surface area contributed by atoms with Crippen LogP contribution in [0.25, 0.3) is 10.9 Å². The highest BCUT2D eigenvalue weighted by Gasteiger charge is 2.14. The zero-order chi connectivity index (χ0) is 17.2. The first-order chi connectivity index (χ1) is 12.2. The van der Waals surface area contributed by atoms with Crippen molar-refractivity contribution in [3.05, 3.63) is 53.2 Å². The van der Waals surface area contributed by atoms with E-state index in [2.05, 4.69) is 21.6 Å². The first kappa shape index (κ1) is 15.2. The summed E-state index contributed by atoms with van der Waals surface area (Å²) in [6.45, 7) is 2.96. The van der Waals surface area contributed by atoms with Gasteiger partial charge in [-0.3, -0.25) is 0 Å². The molecule has 0 bridgehead atoms. The van der Waals surface area contributed by atoms with Crippen molar-refractivity contribution in [2.45, 2.75) is 13.3 Å². The number of aromatic nitrogens is 2. The van der Waals surface area contributed by atoms with Crippen LogP contribution in [0.5, 0.6) is 11.5 Å². The summed E-state index contributed by atoms with van der Waals surface area (Å²) in [6.07, 6.45) is 0.789. The Bertz CT molecular complexity index is 995. The van der Waals surface area contributed by atoms with Crippen molar-refractivity contribution in [3.63, 3.8) is 0 Å². The molecule has 6 heteroatoms. The Balaban J connectivity index is 1.56. The molecule has 0 saturated heterocycles. The summed E-state index contributed by atoms with van der Waals surface area (Å²) < 4.78 is 10.7. The Kier molecular flexibility index (Phi) is 3.82. The van der Waals surface area contributed by atoms with Crippen molar-refractivity contribution in [2.24, 2.45) is 0 Å². The number of nitrogens with zero attached hydrogens (tertiary/aromatic N) is 3. The maximum Gasteiger partial charge on any atom is 0.231 e. The van der Waals surface area contributed by atoms with Gasteiger partial charge in [-0.15, -0.1) is 10.2 Å². The number of anilines is 1. The molecule has 0 unspecified atom stereocenters. The third-order valence-electron chi connectivity index (χ3n) is 4.17. The molecule has 0 amide bonds. The van der Waals surface area contributed by atoms with Gasteiger partial charge in [-0.05, 0) is 43.2 Å². The normalized spacial score (nSPS) is 12.2. The Hall–Kier alpha value is -3.33. The number of rotatable bonds is 4. The van der Waals surface area contributed by atoms with Crippen molar-refractivity contribution in [3.8, 4) is 17.6 Å². The van der Waals surface area contributed by atoms with Crippen LogP contribution >= 0.6 is 0 Å². The SMILES string of the molecule is Cc1ccc2nnc(C#N)c(NCCc3ccc4c(c3)OCO4)c2c1. The molecule has 124 valence electrons. The maximum absolute atomic E-state index is 9.35. The molecule has 2 heterocycles. The van der Waals surface area contributed by atoms with Gasteiger partial charge in [0.1, 0.15) is 6.07 Å². The molecule has 1 aliphatic rings. The predicted octanol–water partition coefficient (Wildman–Crippen LogP) is 3.19. The number of aryl methyl sites for hydroxylation is 1. The zero-order valence-electron chi connectivity index (χ0n) is 13.7. The van der Waals surface area contributed by atoms with Crippen LogP contribution in [0, 0.1) is 18.3 Å². The number of fused-ring (bicyclic) bond motifs is 2. The maximum atomic E-state index is 9.35. The van der Waals surface area contributed by atoms with Gasteiger partial charge in [0.05, 0.1) is 11.2 Å². The summed E-state index contributed by atoms with van der Waals surface area (Å²) in [5.41, 5.74) is 4.07. The molecule has 0 fully saturated rings. The van der Waals surface area contributed by atoms with Crippen LogP contribution in [-0.2, 0) is 6.42 Å². The molecular formula is C19H16N4O2. The van der Waals surface area contributed by atoms with Crippen LogP contribution in [0.2, 0.25) is 0 Å². The summed E-state index contributed by atoms with van der Waals surface area (Å²) in [7, 11) is 0. The first-order valence-electron chi connectivity index (χ1n) is 8.04. The van der Waals surface area contributed by atoms with Gasteiger partial charge in [0.25, 0.3) is 0 Å². The van der Waals surface area contributed by atoms with Gasteiger partial charge >= 0.3 is 0 Å². The third kappa shape index (κ3) is 2.92. The zero-order valence-corrected chi connectivity index (χ0v) is 13.7. The second-order valence-electron chi connectivity index (χ2n) is 5.92. The summed E-state index contributed by atoms with van der Waals surface area (Å²) >= 11 is 0. The van der Waals surface area contributed by atoms with Crippen molar-refractivity contribution in [2.75, 3.05) is 18.7 Å². The second-order valence-corrected chi connectivity index (χ2v) is 5.92. The highest BCUT2D eigenvalue weighted by atomic mass is 16.7. The van der Waals surface area contributed by atoms with E-state index in [-0.39, 0.29) is 6.79 Å². The minimum Gasteiger partial charge on any atom is -0.454 e. The molecule has 0 aliphatic carbocycles. The molecule has 0 saturated carbocycles. The number of hydrogen-bond donors (Lipinski definition) is 1. The average Bonchev–Trinajstić information content (AvgIpc) is 3.09. The van der Waals surface area contributed by atoms with Gasteiger partial charge in [-0.2, -0.15) is 5.26 Å². The van der Waals surface area contributed by atoms with Gasteiger partial charge in [-0.25, -0.2) is 0 Å². The van der Waals surface area contributed by atoms with E-state index in [1.54, 1.807) is 0 Å². The number of nitrogens with one attached hydrogen (secondary N) is 1. The minimum absolute atomic E-state index is 0.274. The second kappa shape index (κ2) is 6.29. The van der Waals surface area contributed by atoms with Crippen LogP contribution < -0.4 is 14.8 Å². The van der Waals surface area contributed by atoms with Crippen LogP contribution in [0.4, 0.5) is 5.69 Å². The van der Waals surface area contributed by atoms with E-state index < -0.39 is 0 Å². The molecule has 0 atom stereocenters. The van der Waals surface area contributed by atoms with E-state index >= 15 is 0 Å². The van der Waals surface area contributed by atoms with Crippen molar-refractivity contribution in [1.82, 2.24) is 10.2 Å². The van der Waals surface area contributed by atoms with Gasteiger partial charge in [0.2, 0.25) is 6.79 Å². The number of nitriles is 1. The average molecular weight is 332 g/mol. The fourth-order valence-electron chi connectivity index (χ4n) is 2.90. The molecule has 0 spiro atoms. The van der Waals surface area contributed by atoms with E-state index in [0.717, 1.165) is 45.6 Å². The van der Waals surface area contributed by atoms with Gasteiger partial charge in [0.15, 0.2) is 17.2 Å². The lowest BCUT2D eigenvalue weighted by atomic mass is 10.1. The van der Waals surface area contributed by atoms with Crippen molar-refractivity contribution in [1.29, 1.82) is 5.26 Å². The Morgan fingerprint density at radius 2 is 2.00 bits per heavy atom. The molecule has 4 rings (SSSR count). The van der Waals surface area contributed by atoms with E-state index in [4.69, 9.17) is 9.47 Å². The lowest BCUT2D eigenvalue weighted by Gasteiger charge is -2.11. The fraction of sp³-hybridized carbons (Fsp3) is 0.211. The standard InChI is InChI=1S/C19H16N4O2/c1-12-2-4-15-14(8-12)19(16(10-20)23-22-15)21-7-6-13-3-5-17-18(9-13)25-11-24-17/h2-5,8-9H,6-7,11H2,1H3,(H,21,22). The van der Waals surface area contributed by atoms with Gasteiger partial charge in [-0.1, -0.05) is 17.7 Å². The summed E-state index contributed by atoms with van der Waals surface area (Å²) in [6, 6.07) is 14.0. The van der Waals surface area contributed by atoms with Crippen LogP contribution in [0.1, 0.15) is 16.8 Å². The molecular weight excluding hydrogens is 316 g/mol. The van der Waals surface area contributed by atoms with Crippen molar-refractivity contribution >= 4 is 16.6 Å². The molecule has 0 radical (unpaired) electrons. The van der Waals surface area contributed by atoms with Crippen LogP contribution in [0.15, 0.2) is 36.4 Å². The topological polar surface area (TPSA) is 80.1 Å². The van der Waals surface area contributed by atoms with Crippen molar-refractivity contribution < 1.29 is 9.47 Å². The van der Waals surface area contributed by atoms with E-state index in [1.165, 1.54) is 0 Å². The fourth-order valence-corrected chi connectivity index (χ4v) is 2.90. The van der Waals surface area contributed by atoms with Gasteiger partial charge < -0.3 is 14.8 Å². The van der Waals surface area contributed by atoms with E-state index in [0.29, 0.717) is 12.2 Å². The highest BCUT2D eigenvalue weighted by molar-refractivity contribution is 5.93. The number of ether oxygens (including phenoxy) is 2. The van der Waals surface area contributed by atoms with E-state index in [1.807, 2.05) is 43.3 Å². The molecule has 3 aromatic rings. The molecule has 1 N–H and O–H groups in total. The van der Waals surface area contributed by atoms with Crippen LogP contribution in [-0.4, -0.2) is 23.5 Å². The lowest BCUT2D eigenvalue weighted by molar-refractivity contribution is 0.174. The number of hydrogen-bond acceptors (Lipinski definition) is 6. The van der Waals surface area contributed by atoms with Crippen LogP contribution in [0.3, 0.4) is 0 Å². The molecule has 25 heavy (non-hydrogen) atoms. The summed E-state index contributed by atoms with van der Waals surface area (Å²) in [5.74, 6) is 1.56. The largest absolute Gasteiger partial charge is 0.454 e. The molecule has 6 nitrogen and oxygen atoms in total. The monoisotopic (exact) mass is 332 g/mol. The van der Waals surface area contributed by atoms with Gasteiger partial charge in [0, 0.05) is 11.9 Å². The van der Waals surface area contributed by atoms with E-state index in [9.17, 15) is 5.26 Å². The smallest absolute Gasteiger partial charge is 0.231 e. The lowest BCUT2D eigenvalue weighted by Crippen LogP contribution is -2.08. The molecule has 1 aromatic heterocycles. The molecule has 2 aromatic carbocycles. The third-order valence-corrected chi connectivity index (χ3v) is 4.17. The Labute approximate surface area is 145 Å².